The van der Waals surface area contributed by atoms with Crippen molar-refractivity contribution in [1.29, 1.82) is 0 Å². The number of hydrogen-bond donors (Lipinski definition) is 1. The van der Waals surface area contributed by atoms with Crippen molar-refractivity contribution in [3.8, 4) is 34.0 Å². The van der Waals surface area contributed by atoms with E-state index >= 15 is 4.39 Å². The number of halogens is 3. The largest absolute Gasteiger partial charge is 0.490 e. The molecule has 0 aliphatic heterocycles. The number of nitrogens with zero attached hydrogens (tertiary/aromatic N) is 7. The highest BCUT2D eigenvalue weighted by molar-refractivity contribution is 9.09. The molecule has 36 heavy (non-hydrogen) atoms. The topological polar surface area (TPSA) is 110 Å². The lowest BCUT2D eigenvalue weighted by Crippen LogP contribution is -2.08. The summed E-state index contributed by atoms with van der Waals surface area (Å²) < 4.78 is 38.3. The smallest absolute Gasteiger partial charge is 0.202 e. The molecule has 0 radical (unpaired) electrons. The van der Waals surface area contributed by atoms with Crippen LogP contribution in [0.15, 0.2) is 36.8 Å². The quantitative estimate of drug-likeness (QED) is 0.270. The Kier molecular flexibility index (Phi) is 7.92. The Morgan fingerprint density at radius 3 is 2.64 bits per heavy atom. The number of anilines is 1. The van der Waals surface area contributed by atoms with Gasteiger partial charge in [0.15, 0.2) is 17.4 Å². The minimum atomic E-state index is -1.13. The van der Waals surface area contributed by atoms with Crippen LogP contribution in [0.4, 0.5) is 14.6 Å². The van der Waals surface area contributed by atoms with Crippen LogP contribution >= 0.6 is 15.9 Å². The Morgan fingerprint density at radius 1 is 1.08 bits per heavy atom. The Bertz CT molecular complexity index is 1340. The molecule has 1 aromatic carbocycles. The van der Waals surface area contributed by atoms with Gasteiger partial charge in [-0.1, -0.05) is 36.7 Å². The number of hydrogen-bond acceptors (Lipinski definition) is 7. The summed E-state index contributed by atoms with van der Waals surface area (Å²) in [4.78, 5) is 4.40. The van der Waals surface area contributed by atoms with E-state index in [1.807, 2.05) is 17.8 Å². The first-order valence-electron chi connectivity index (χ1n) is 11.6. The summed E-state index contributed by atoms with van der Waals surface area (Å²) >= 11 is 3.40. The molecule has 0 spiro atoms. The van der Waals surface area contributed by atoms with Gasteiger partial charge in [-0.05, 0) is 47.4 Å². The third-order valence-corrected chi connectivity index (χ3v) is 6.00. The summed E-state index contributed by atoms with van der Waals surface area (Å²) in [5.74, 6) is -1.48. The Balaban J connectivity index is 1.70. The fourth-order valence-corrected chi connectivity index (χ4v) is 3.73. The average molecular weight is 561 g/mol. The summed E-state index contributed by atoms with van der Waals surface area (Å²) in [6.45, 7) is 7.25. The molecule has 2 N–H and O–H groups in total. The predicted molar refractivity (Wildman–Crippen MR) is 136 cm³/mol. The first-order chi connectivity index (χ1) is 17.2. The molecule has 1 unspecified atom stereocenters. The van der Waals surface area contributed by atoms with Gasteiger partial charge in [0.1, 0.15) is 11.5 Å². The molecule has 190 valence electrons. The molecule has 0 bridgehead atoms. The third-order valence-electron chi connectivity index (χ3n) is 5.54. The zero-order chi connectivity index (χ0) is 25.8. The molecule has 3 heterocycles. The molecular weight excluding hydrogens is 534 g/mol. The summed E-state index contributed by atoms with van der Waals surface area (Å²) in [6.07, 6.45) is 6.82. The molecule has 1 atom stereocenters. The van der Waals surface area contributed by atoms with Crippen LogP contribution in [-0.4, -0.2) is 46.4 Å². The standard InChI is InChI=1S/C24H27BrF2N8O/c1-14(2)6-8-34-13-16(11-30-34)18-12-29-21(28)10-17(18)24-31-32-33-35(24)19-4-5-20(23(27)22(19)26)36-9-7-15(3)25/h4-5,10-15H,6-9H2,1-3H3,(H2,28,29). The zero-order valence-corrected chi connectivity index (χ0v) is 21.8. The number of alkyl halides is 1. The molecule has 4 rings (SSSR count). The normalized spacial score (nSPS) is 12.3. The lowest BCUT2D eigenvalue weighted by Gasteiger charge is -2.12. The minimum absolute atomic E-state index is 0.164. The van der Waals surface area contributed by atoms with Crippen LogP contribution in [0.2, 0.25) is 0 Å². The number of aryl methyl sites for hydroxylation is 1. The van der Waals surface area contributed by atoms with Crippen LogP contribution in [-0.2, 0) is 6.54 Å². The highest BCUT2D eigenvalue weighted by Gasteiger charge is 2.23. The minimum Gasteiger partial charge on any atom is -0.490 e. The highest BCUT2D eigenvalue weighted by atomic mass is 79.9. The van der Waals surface area contributed by atoms with Crippen LogP contribution in [0.1, 0.15) is 33.6 Å². The Morgan fingerprint density at radius 2 is 1.89 bits per heavy atom. The number of benzene rings is 1. The van der Waals surface area contributed by atoms with Crippen molar-refractivity contribution in [1.82, 2.24) is 35.0 Å². The molecule has 12 heteroatoms. The van der Waals surface area contributed by atoms with Crippen LogP contribution < -0.4 is 10.5 Å². The summed E-state index contributed by atoms with van der Waals surface area (Å²) in [7, 11) is 0. The highest BCUT2D eigenvalue weighted by Crippen LogP contribution is 2.33. The van der Waals surface area contributed by atoms with Gasteiger partial charge >= 0.3 is 0 Å². The number of tetrazole rings is 1. The van der Waals surface area contributed by atoms with Crippen LogP contribution in [0.25, 0.3) is 28.2 Å². The molecule has 3 aromatic heterocycles. The molecule has 9 nitrogen and oxygen atoms in total. The van der Waals surface area contributed by atoms with Gasteiger partial charge in [-0.3, -0.25) is 4.68 Å². The maximum atomic E-state index is 15.1. The number of pyridine rings is 1. The van der Waals surface area contributed by atoms with E-state index < -0.39 is 11.6 Å². The van der Waals surface area contributed by atoms with E-state index in [0.29, 0.717) is 23.5 Å². The molecule has 4 aromatic rings. The zero-order valence-electron chi connectivity index (χ0n) is 20.2. The summed E-state index contributed by atoms with van der Waals surface area (Å²) in [5.41, 5.74) is 7.73. The number of aromatic nitrogens is 7. The van der Waals surface area contributed by atoms with Gasteiger partial charge in [-0.2, -0.15) is 14.2 Å². The Labute approximate surface area is 215 Å². The first-order valence-corrected chi connectivity index (χ1v) is 12.5. The number of nitrogen functional groups attached to an aromatic ring is 1. The molecule has 0 fully saturated rings. The van der Waals surface area contributed by atoms with E-state index in [-0.39, 0.29) is 34.5 Å². The van der Waals surface area contributed by atoms with Gasteiger partial charge in [0.05, 0.1) is 12.8 Å². The SMILES string of the molecule is CC(C)CCn1cc(-c2cnc(N)cc2-c2nnnn2-c2ccc(OCCC(C)Br)c(F)c2F)cn1. The van der Waals surface area contributed by atoms with E-state index in [4.69, 9.17) is 10.5 Å². The van der Waals surface area contributed by atoms with Crippen molar-refractivity contribution in [2.45, 2.75) is 45.0 Å². The van der Waals surface area contributed by atoms with E-state index in [2.05, 4.69) is 55.4 Å². The second-order valence-corrected chi connectivity index (χ2v) is 10.4. The fourth-order valence-electron chi connectivity index (χ4n) is 3.55. The molecule has 0 saturated heterocycles. The van der Waals surface area contributed by atoms with Gasteiger partial charge in [0.25, 0.3) is 0 Å². The van der Waals surface area contributed by atoms with Gasteiger partial charge in [-0.15, -0.1) is 5.10 Å². The maximum Gasteiger partial charge on any atom is 0.202 e. The lowest BCUT2D eigenvalue weighted by molar-refractivity contribution is 0.290. The van der Waals surface area contributed by atoms with Crippen LogP contribution in [0, 0.1) is 17.6 Å². The van der Waals surface area contributed by atoms with Crippen molar-refractivity contribution in [2.24, 2.45) is 5.92 Å². The van der Waals surface area contributed by atoms with E-state index in [1.165, 1.54) is 12.1 Å². The first kappa shape index (κ1) is 25.7. The number of rotatable bonds is 10. The van der Waals surface area contributed by atoms with Crippen LogP contribution in [0.3, 0.4) is 0 Å². The van der Waals surface area contributed by atoms with Crippen molar-refractivity contribution in [2.75, 3.05) is 12.3 Å². The average Bonchev–Trinajstić information content (AvgIpc) is 3.50. The van der Waals surface area contributed by atoms with Gasteiger partial charge in [-0.25, -0.2) is 9.37 Å². The number of nitrogens with two attached hydrogens (primary N) is 1. The summed E-state index contributed by atoms with van der Waals surface area (Å²) in [6, 6.07) is 4.33. The van der Waals surface area contributed by atoms with Gasteiger partial charge in [0.2, 0.25) is 5.82 Å². The van der Waals surface area contributed by atoms with Gasteiger partial charge in [0, 0.05) is 40.5 Å². The van der Waals surface area contributed by atoms with E-state index in [9.17, 15) is 4.39 Å². The third kappa shape index (κ3) is 5.69. The van der Waals surface area contributed by atoms with E-state index in [1.54, 1.807) is 18.5 Å². The molecular formula is C24H27BrF2N8O. The maximum absolute atomic E-state index is 15.1. The van der Waals surface area contributed by atoms with Crippen molar-refractivity contribution >= 4 is 21.7 Å². The summed E-state index contributed by atoms with van der Waals surface area (Å²) in [5, 5.41) is 16.1. The molecule has 0 amide bonds. The molecule has 0 saturated carbocycles. The Hall–Kier alpha value is -3.41. The monoisotopic (exact) mass is 560 g/mol. The van der Waals surface area contributed by atoms with Crippen LogP contribution in [0.5, 0.6) is 5.75 Å². The van der Waals surface area contributed by atoms with Crippen molar-refractivity contribution in [3.63, 3.8) is 0 Å². The number of ether oxygens (including phenoxy) is 1. The molecule has 0 aliphatic carbocycles. The van der Waals surface area contributed by atoms with Crippen molar-refractivity contribution in [3.05, 3.63) is 48.4 Å². The fraction of sp³-hybridized carbons (Fsp3) is 0.375. The molecule has 0 aliphatic rings. The lowest BCUT2D eigenvalue weighted by atomic mass is 10.0. The predicted octanol–water partition coefficient (Wildman–Crippen LogP) is 5.05. The van der Waals surface area contributed by atoms with Crippen molar-refractivity contribution < 1.29 is 13.5 Å². The van der Waals surface area contributed by atoms with Gasteiger partial charge < -0.3 is 10.5 Å². The second-order valence-electron chi connectivity index (χ2n) is 8.87. The second kappa shape index (κ2) is 11.1. The van der Waals surface area contributed by atoms with E-state index in [0.717, 1.165) is 23.2 Å².